The minimum Gasteiger partial charge on any atom is -0.370 e. The van der Waals surface area contributed by atoms with E-state index in [1.807, 2.05) is 18.4 Å². The molecule has 0 atom stereocenters. The molecule has 28 heavy (non-hydrogen) atoms. The van der Waals surface area contributed by atoms with Crippen LogP contribution in [0.2, 0.25) is 0 Å². The first-order valence-corrected chi connectivity index (χ1v) is 11.6. The smallest absolute Gasteiger partial charge is 0.266 e. The van der Waals surface area contributed by atoms with Gasteiger partial charge < -0.3 is 17.2 Å². The molecule has 9 nitrogen and oxygen atoms in total. The van der Waals surface area contributed by atoms with Gasteiger partial charge in [0.25, 0.3) is 10.0 Å². The van der Waals surface area contributed by atoms with Crippen LogP contribution in [0.5, 0.6) is 0 Å². The van der Waals surface area contributed by atoms with Crippen molar-refractivity contribution in [1.82, 2.24) is 9.29 Å². The fraction of sp³-hybridized carbons (Fsp3) is 0.312. The molecule has 0 saturated carbocycles. The minimum absolute atomic E-state index is 0.0418. The fourth-order valence-electron chi connectivity index (χ4n) is 2.22. The number of nitrogens with zero attached hydrogens (tertiary/aromatic N) is 4. The lowest BCUT2D eigenvalue weighted by atomic mass is 10.2. The van der Waals surface area contributed by atoms with E-state index < -0.39 is 10.0 Å². The van der Waals surface area contributed by atoms with Crippen LogP contribution in [0.25, 0.3) is 0 Å². The van der Waals surface area contributed by atoms with Crippen LogP contribution in [0.3, 0.4) is 0 Å². The van der Waals surface area contributed by atoms with Crippen molar-refractivity contribution in [1.29, 1.82) is 0 Å². The molecule has 6 N–H and O–H groups in total. The molecule has 152 valence electrons. The Kier molecular flexibility index (Phi) is 7.66. The quantitative estimate of drug-likeness (QED) is 0.316. The van der Waals surface area contributed by atoms with E-state index in [1.54, 1.807) is 18.2 Å². The maximum absolute atomic E-state index is 13.0. The van der Waals surface area contributed by atoms with Crippen molar-refractivity contribution < 1.29 is 8.42 Å². The van der Waals surface area contributed by atoms with E-state index in [0.717, 1.165) is 15.6 Å². The summed E-state index contributed by atoms with van der Waals surface area (Å²) in [6.45, 7) is 2.02. The molecule has 0 amide bonds. The number of nitrogens with two attached hydrogens (primary N) is 3. The minimum atomic E-state index is -3.78. The Hall–Kier alpha value is -2.31. The molecule has 0 bridgehead atoms. The number of benzene rings is 1. The predicted octanol–water partition coefficient (Wildman–Crippen LogP) is 1.23. The third kappa shape index (κ3) is 5.84. The second-order valence-electron chi connectivity index (χ2n) is 5.69. The summed E-state index contributed by atoms with van der Waals surface area (Å²) in [4.78, 5) is 12.2. The van der Waals surface area contributed by atoms with Crippen LogP contribution in [0, 0.1) is 6.92 Å². The van der Waals surface area contributed by atoms with Gasteiger partial charge in [-0.15, -0.1) is 11.3 Å². The number of thioether (sulfide) groups is 1. The summed E-state index contributed by atoms with van der Waals surface area (Å²) < 4.78 is 27.0. The lowest BCUT2D eigenvalue weighted by molar-refractivity contribution is 0.530. The van der Waals surface area contributed by atoms with Gasteiger partial charge in [-0.3, -0.25) is 4.99 Å². The molecule has 0 spiro atoms. The first-order valence-electron chi connectivity index (χ1n) is 8.17. The second kappa shape index (κ2) is 9.75. The van der Waals surface area contributed by atoms with Crippen LogP contribution in [-0.4, -0.2) is 49.0 Å². The highest BCUT2D eigenvalue weighted by atomic mass is 32.2. The number of sulfonamides is 1. The molecule has 1 heterocycles. The number of aromatic nitrogens is 1. The number of aryl methyl sites for hydroxylation is 1. The number of thiazole rings is 1. The molecule has 0 fully saturated rings. The molecule has 0 radical (unpaired) electrons. The summed E-state index contributed by atoms with van der Waals surface area (Å²) in [6.07, 6.45) is 0. The van der Waals surface area contributed by atoms with Crippen molar-refractivity contribution in [3.8, 4) is 0 Å². The Bertz CT molecular complexity index is 966. The summed E-state index contributed by atoms with van der Waals surface area (Å²) in [6, 6.07) is 6.69. The summed E-state index contributed by atoms with van der Waals surface area (Å²) in [5.41, 5.74) is 18.2. The monoisotopic (exact) mass is 441 g/mol. The first-order chi connectivity index (χ1) is 13.2. The number of aliphatic imine (C=N–C) groups is 2. The summed E-state index contributed by atoms with van der Waals surface area (Å²) in [7, 11) is -2.32. The molecule has 0 aliphatic carbocycles. The van der Waals surface area contributed by atoms with E-state index in [4.69, 9.17) is 17.2 Å². The van der Waals surface area contributed by atoms with Gasteiger partial charge in [0.2, 0.25) is 11.1 Å². The highest BCUT2D eigenvalue weighted by Crippen LogP contribution is 2.22. The van der Waals surface area contributed by atoms with E-state index in [1.165, 1.54) is 30.1 Å². The normalized spacial score (nSPS) is 12.0. The molecule has 12 heteroatoms. The van der Waals surface area contributed by atoms with E-state index in [0.29, 0.717) is 16.6 Å². The molecule has 0 aliphatic rings. The Morgan fingerprint density at radius 2 is 2.07 bits per heavy atom. The Morgan fingerprint density at radius 3 is 2.71 bits per heavy atom. The average Bonchev–Trinajstić information content (AvgIpc) is 3.07. The Labute approximate surface area is 172 Å². The van der Waals surface area contributed by atoms with Gasteiger partial charge >= 0.3 is 0 Å². The van der Waals surface area contributed by atoms with Crippen molar-refractivity contribution in [2.24, 2.45) is 27.2 Å². The van der Waals surface area contributed by atoms with Crippen LogP contribution >= 0.6 is 23.1 Å². The van der Waals surface area contributed by atoms with Gasteiger partial charge in [0.1, 0.15) is 0 Å². The van der Waals surface area contributed by atoms with Gasteiger partial charge in [0.15, 0.2) is 5.96 Å². The molecule has 0 unspecified atom stereocenters. The van der Waals surface area contributed by atoms with Gasteiger partial charge in [0, 0.05) is 30.5 Å². The third-order valence-electron chi connectivity index (χ3n) is 3.52. The molecular formula is C16H23N7O2S3. The Morgan fingerprint density at radius 1 is 1.32 bits per heavy atom. The second-order valence-corrected chi connectivity index (χ2v) is 9.49. The van der Waals surface area contributed by atoms with Gasteiger partial charge in [-0.1, -0.05) is 12.1 Å². The van der Waals surface area contributed by atoms with Gasteiger partial charge in [-0.25, -0.2) is 17.7 Å². The number of hydrogen-bond acceptors (Lipinski definition) is 7. The molecular weight excluding hydrogens is 418 g/mol. The molecule has 2 aromatic rings. The maximum atomic E-state index is 13.0. The first kappa shape index (κ1) is 22.0. The summed E-state index contributed by atoms with van der Waals surface area (Å²) in [5.74, 6) is 1.01. The lowest BCUT2D eigenvalue weighted by Gasteiger charge is -2.23. The topological polar surface area (TPSA) is 153 Å². The largest absolute Gasteiger partial charge is 0.370 e. The van der Waals surface area contributed by atoms with Crippen molar-refractivity contribution >= 4 is 50.2 Å². The molecule has 1 aromatic heterocycles. The van der Waals surface area contributed by atoms with E-state index in [9.17, 15) is 8.42 Å². The zero-order chi connectivity index (χ0) is 20.7. The van der Waals surface area contributed by atoms with Crippen molar-refractivity contribution in [2.45, 2.75) is 17.6 Å². The van der Waals surface area contributed by atoms with E-state index >= 15 is 0 Å². The zero-order valence-corrected chi connectivity index (χ0v) is 18.0. The lowest BCUT2D eigenvalue weighted by Crippen LogP contribution is -2.43. The maximum Gasteiger partial charge on any atom is 0.266 e. The van der Waals surface area contributed by atoms with Crippen LogP contribution in [0.4, 0.5) is 5.13 Å². The number of rotatable bonds is 8. The van der Waals surface area contributed by atoms with Crippen molar-refractivity contribution in [2.75, 3.05) is 19.3 Å². The van der Waals surface area contributed by atoms with Crippen LogP contribution < -0.4 is 17.2 Å². The average molecular weight is 442 g/mol. The van der Waals surface area contributed by atoms with Gasteiger partial charge in [-0.05, 0) is 24.6 Å². The predicted molar refractivity (Wildman–Crippen MR) is 116 cm³/mol. The number of guanidine groups is 2. The molecule has 0 saturated heterocycles. The van der Waals surface area contributed by atoms with E-state index in [-0.39, 0.29) is 23.4 Å². The summed E-state index contributed by atoms with van der Waals surface area (Å²) >= 11 is 2.86. The number of hydrogen-bond donors (Lipinski definition) is 3. The fourth-order valence-corrected chi connectivity index (χ4v) is 5.46. The van der Waals surface area contributed by atoms with Gasteiger partial charge in [-0.2, -0.15) is 16.8 Å². The van der Waals surface area contributed by atoms with E-state index in [2.05, 4.69) is 15.0 Å². The zero-order valence-electron chi connectivity index (χ0n) is 15.6. The Balaban J connectivity index is 2.03. The van der Waals surface area contributed by atoms with Crippen molar-refractivity contribution in [3.05, 3.63) is 40.9 Å². The third-order valence-corrected chi connectivity index (χ3v) is 7.07. The van der Waals surface area contributed by atoms with Crippen molar-refractivity contribution in [3.63, 3.8) is 0 Å². The molecule has 1 aromatic carbocycles. The molecule has 0 aliphatic heterocycles. The van der Waals surface area contributed by atoms with Crippen LogP contribution in [0.15, 0.2) is 44.5 Å². The van der Waals surface area contributed by atoms with Crippen LogP contribution in [0.1, 0.15) is 11.3 Å². The highest BCUT2D eigenvalue weighted by Gasteiger charge is 2.26. The highest BCUT2D eigenvalue weighted by molar-refractivity contribution is 7.98. The standard InChI is InChI=1S/C16H23N7O2S3/c1-11-4-3-5-13(8-11)28(24,25)23(15(19)20-2)6-7-26-9-12-10-27-16(21-12)22-14(17)18/h3-5,8,10H,6-7,9H2,1-2H3,(H2,19,20)(H4,17,18,21,22). The SMILES string of the molecule is CN=C(N)N(CCSCc1csc(N=C(N)N)n1)S(=O)(=O)c1cccc(C)c1. The van der Waals surface area contributed by atoms with Crippen LogP contribution in [-0.2, 0) is 15.8 Å². The molecule has 2 rings (SSSR count). The summed E-state index contributed by atoms with van der Waals surface area (Å²) in [5, 5.41) is 2.35. The van der Waals surface area contributed by atoms with Gasteiger partial charge in [0.05, 0.1) is 10.6 Å².